The van der Waals surface area contributed by atoms with Gasteiger partial charge in [-0.3, -0.25) is 4.79 Å². The fourth-order valence-electron chi connectivity index (χ4n) is 1.76. The predicted molar refractivity (Wildman–Crippen MR) is 95.1 cm³/mol. The lowest BCUT2D eigenvalue weighted by molar-refractivity contribution is -0.155. The molecule has 7 nitrogen and oxygen atoms in total. The maximum Gasteiger partial charge on any atom is 0.329 e. The number of ether oxygens (including phenoxy) is 1. The van der Waals surface area contributed by atoms with Crippen LogP contribution in [0.2, 0.25) is 5.02 Å². The topological polar surface area (TPSA) is 111 Å². The Labute approximate surface area is 149 Å². The van der Waals surface area contributed by atoms with Crippen molar-refractivity contribution in [2.75, 3.05) is 17.3 Å². The largest absolute Gasteiger partial charge is 0.451 e. The molecule has 0 spiro atoms. The molecule has 0 saturated carbocycles. The molecule has 0 aliphatic carbocycles. The first-order valence-corrected chi connectivity index (χ1v) is 8.93. The lowest BCUT2D eigenvalue weighted by Crippen LogP contribution is -2.46. The summed E-state index contributed by atoms with van der Waals surface area (Å²) in [4.78, 5) is 35.2. The maximum absolute atomic E-state index is 12.1. The Morgan fingerprint density at radius 1 is 1.33 bits per heavy atom. The van der Waals surface area contributed by atoms with Gasteiger partial charge in [0.05, 0.1) is 10.7 Å². The van der Waals surface area contributed by atoms with E-state index in [-0.39, 0.29) is 0 Å². The van der Waals surface area contributed by atoms with Crippen LogP contribution in [-0.4, -0.2) is 42.1 Å². The summed E-state index contributed by atoms with van der Waals surface area (Å²) in [5.74, 6) is -0.621. The van der Waals surface area contributed by atoms with E-state index in [1.807, 2.05) is 6.26 Å². The molecule has 0 aromatic heterocycles. The predicted octanol–water partition coefficient (Wildman–Crippen LogP) is 2.00. The van der Waals surface area contributed by atoms with E-state index in [0.29, 0.717) is 22.9 Å². The van der Waals surface area contributed by atoms with Crippen LogP contribution in [0.15, 0.2) is 24.3 Å². The molecule has 1 aromatic rings. The highest BCUT2D eigenvalue weighted by molar-refractivity contribution is 7.98. The van der Waals surface area contributed by atoms with E-state index in [1.165, 1.54) is 18.7 Å². The number of nitrogens with one attached hydrogen (secondary N) is 2. The Morgan fingerprint density at radius 2 is 2.00 bits per heavy atom. The third-order valence-corrected chi connectivity index (χ3v) is 3.98. The second-order valence-corrected chi connectivity index (χ2v) is 6.28. The molecule has 24 heavy (non-hydrogen) atoms. The minimum atomic E-state index is -1.06. The van der Waals surface area contributed by atoms with Crippen molar-refractivity contribution in [1.82, 2.24) is 5.32 Å². The van der Waals surface area contributed by atoms with Gasteiger partial charge in [0, 0.05) is 0 Å². The molecule has 4 N–H and O–H groups in total. The van der Waals surface area contributed by atoms with Crippen LogP contribution >= 0.6 is 23.4 Å². The summed E-state index contributed by atoms with van der Waals surface area (Å²) in [6, 6.07) is 4.98. The molecule has 0 heterocycles. The number of nitrogens with two attached hydrogens (primary N) is 1. The Bertz CT molecular complexity index is 600. The lowest BCUT2D eigenvalue weighted by Gasteiger charge is -2.19. The first kappa shape index (κ1) is 20.1. The Kier molecular flexibility index (Phi) is 8.42. The number of carbonyl (C=O) groups is 3. The number of hydrogen-bond donors (Lipinski definition) is 3. The highest BCUT2D eigenvalue weighted by atomic mass is 35.5. The van der Waals surface area contributed by atoms with E-state index in [9.17, 15) is 14.4 Å². The summed E-state index contributed by atoms with van der Waals surface area (Å²) in [5.41, 5.74) is 5.47. The molecule has 2 atom stereocenters. The summed E-state index contributed by atoms with van der Waals surface area (Å²) < 4.78 is 5.11. The second-order valence-electron chi connectivity index (χ2n) is 4.89. The average Bonchev–Trinajstić information content (AvgIpc) is 2.53. The van der Waals surface area contributed by atoms with Gasteiger partial charge in [-0.1, -0.05) is 23.7 Å². The first-order valence-electron chi connectivity index (χ1n) is 7.16. The van der Waals surface area contributed by atoms with Gasteiger partial charge in [0.15, 0.2) is 6.10 Å². The number of halogens is 1. The van der Waals surface area contributed by atoms with Crippen LogP contribution in [0.25, 0.3) is 0 Å². The molecule has 3 amide bonds. The molecule has 0 radical (unpaired) electrons. The fourth-order valence-corrected chi connectivity index (χ4v) is 2.42. The normalized spacial score (nSPS) is 12.8. The van der Waals surface area contributed by atoms with Crippen LogP contribution in [0.4, 0.5) is 10.5 Å². The number of hydrogen-bond acceptors (Lipinski definition) is 5. The number of carbonyl (C=O) groups excluding carboxylic acids is 3. The molecule has 0 unspecified atom stereocenters. The maximum atomic E-state index is 12.1. The van der Waals surface area contributed by atoms with Crippen molar-refractivity contribution in [2.24, 2.45) is 5.73 Å². The zero-order valence-corrected chi connectivity index (χ0v) is 14.9. The molecular weight excluding hydrogens is 354 g/mol. The van der Waals surface area contributed by atoms with Crippen molar-refractivity contribution >= 4 is 47.0 Å². The Morgan fingerprint density at radius 3 is 2.58 bits per heavy atom. The van der Waals surface area contributed by atoms with E-state index in [4.69, 9.17) is 22.1 Å². The highest BCUT2D eigenvalue weighted by Gasteiger charge is 2.25. The van der Waals surface area contributed by atoms with Crippen LogP contribution < -0.4 is 16.4 Å². The molecule has 9 heteroatoms. The summed E-state index contributed by atoms with van der Waals surface area (Å²) in [6.07, 6.45) is 1.16. The lowest BCUT2D eigenvalue weighted by atomic mass is 10.2. The van der Waals surface area contributed by atoms with Gasteiger partial charge >= 0.3 is 12.0 Å². The minimum absolute atomic E-state index is 0.349. The zero-order chi connectivity index (χ0) is 18.1. The average molecular weight is 374 g/mol. The smallest absolute Gasteiger partial charge is 0.329 e. The standard InChI is InChI=1S/C15H20ClN3O4S/c1-9(13(20)18-11-6-4-3-5-10(11)16)23-14(21)12(7-8-24-2)19-15(17)22/h3-6,9,12H,7-8H2,1-2H3,(H,18,20)(H3,17,19,22)/t9-,12+/m1/s1. The molecule has 1 rings (SSSR count). The van der Waals surface area contributed by atoms with Crippen molar-refractivity contribution < 1.29 is 19.1 Å². The molecule has 132 valence electrons. The molecule has 0 aliphatic heterocycles. The van der Waals surface area contributed by atoms with E-state index in [2.05, 4.69) is 10.6 Å². The number of benzene rings is 1. The molecule has 0 aliphatic rings. The third-order valence-electron chi connectivity index (χ3n) is 3.01. The number of rotatable bonds is 8. The quantitative estimate of drug-likeness (QED) is 0.603. The van der Waals surface area contributed by atoms with E-state index < -0.39 is 30.1 Å². The first-order chi connectivity index (χ1) is 11.3. The van der Waals surface area contributed by atoms with Crippen LogP contribution in [0.5, 0.6) is 0 Å². The Hall–Kier alpha value is -1.93. The third kappa shape index (κ3) is 6.67. The number of primary amides is 1. The minimum Gasteiger partial charge on any atom is -0.451 e. The van der Waals surface area contributed by atoms with Crippen molar-refractivity contribution in [3.05, 3.63) is 29.3 Å². The van der Waals surface area contributed by atoms with Crippen molar-refractivity contribution in [3.8, 4) is 0 Å². The highest BCUT2D eigenvalue weighted by Crippen LogP contribution is 2.20. The van der Waals surface area contributed by atoms with Crippen molar-refractivity contribution in [2.45, 2.75) is 25.5 Å². The summed E-state index contributed by atoms with van der Waals surface area (Å²) >= 11 is 7.47. The molecular formula is C15H20ClN3O4S. The summed E-state index contributed by atoms with van der Waals surface area (Å²) in [6.45, 7) is 1.43. The van der Waals surface area contributed by atoms with Gasteiger partial charge in [0.25, 0.3) is 5.91 Å². The van der Waals surface area contributed by atoms with Gasteiger partial charge in [-0.05, 0) is 37.5 Å². The zero-order valence-electron chi connectivity index (χ0n) is 13.4. The number of para-hydroxylation sites is 1. The molecule has 1 aromatic carbocycles. The molecule has 0 bridgehead atoms. The monoisotopic (exact) mass is 373 g/mol. The van der Waals surface area contributed by atoms with Crippen LogP contribution in [0, 0.1) is 0 Å². The van der Waals surface area contributed by atoms with Gasteiger partial charge < -0.3 is 21.1 Å². The number of urea groups is 1. The SMILES string of the molecule is CSCC[C@H](NC(N)=O)C(=O)O[C@H](C)C(=O)Nc1ccccc1Cl. The van der Waals surface area contributed by atoms with E-state index in [0.717, 1.165) is 0 Å². The van der Waals surface area contributed by atoms with E-state index >= 15 is 0 Å². The Balaban J connectivity index is 2.64. The van der Waals surface area contributed by atoms with Crippen molar-refractivity contribution in [1.29, 1.82) is 0 Å². The van der Waals surface area contributed by atoms with Gasteiger partial charge in [0.1, 0.15) is 6.04 Å². The summed E-state index contributed by atoms with van der Waals surface area (Å²) in [5, 5.41) is 5.26. The van der Waals surface area contributed by atoms with Crippen LogP contribution in [0.1, 0.15) is 13.3 Å². The van der Waals surface area contributed by atoms with Crippen LogP contribution in [-0.2, 0) is 14.3 Å². The number of amides is 3. The second kappa shape index (κ2) is 10.0. The van der Waals surface area contributed by atoms with Crippen LogP contribution in [0.3, 0.4) is 0 Å². The van der Waals surface area contributed by atoms with Gasteiger partial charge in [-0.15, -0.1) is 0 Å². The fraction of sp³-hybridized carbons (Fsp3) is 0.400. The van der Waals surface area contributed by atoms with E-state index in [1.54, 1.807) is 24.3 Å². The van der Waals surface area contributed by atoms with Gasteiger partial charge in [-0.2, -0.15) is 11.8 Å². The molecule has 0 fully saturated rings. The van der Waals surface area contributed by atoms with Crippen molar-refractivity contribution in [3.63, 3.8) is 0 Å². The van der Waals surface area contributed by atoms with Gasteiger partial charge in [0.2, 0.25) is 0 Å². The summed E-state index contributed by atoms with van der Waals surface area (Å²) in [7, 11) is 0. The number of esters is 1. The number of anilines is 1. The van der Waals surface area contributed by atoms with Gasteiger partial charge in [-0.25, -0.2) is 9.59 Å². The number of thioether (sulfide) groups is 1. The molecule has 0 saturated heterocycles.